The Morgan fingerprint density at radius 3 is 2.15 bits per heavy atom. The Hall–Kier alpha value is -1.91. The molecule has 0 aliphatic rings. The minimum absolute atomic E-state index is 0.00653. The fraction of sp³-hybridized carbons (Fsp3) is 0.533. The molecular weight excluding hydrogens is 258 g/mol. The van der Waals surface area contributed by atoms with E-state index >= 15 is 0 Å². The van der Waals surface area contributed by atoms with Gasteiger partial charge in [-0.3, -0.25) is 0 Å². The molecule has 0 N–H and O–H groups in total. The predicted octanol–water partition coefficient (Wildman–Crippen LogP) is 3.55. The monoisotopic (exact) mass is 281 g/mol. The molecular formula is C15H23NO4. The van der Waals surface area contributed by atoms with Crippen LogP contribution in [0.2, 0.25) is 0 Å². The van der Waals surface area contributed by atoms with Crippen LogP contribution < -0.4 is 0 Å². The van der Waals surface area contributed by atoms with E-state index in [-0.39, 0.29) is 12.4 Å². The Labute approximate surface area is 120 Å². The maximum Gasteiger partial charge on any atom is 0.294 e. The van der Waals surface area contributed by atoms with E-state index in [2.05, 4.69) is 55.9 Å². The van der Waals surface area contributed by atoms with Crippen LogP contribution >= 0.6 is 0 Å². The molecule has 0 saturated heterocycles. The number of carbonyl (C=O) groups is 1. The number of rotatable bonds is 5. The third-order valence-electron chi connectivity index (χ3n) is 2.51. The zero-order chi connectivity index (χ0) is 15.6. The Kier molecular flexibility index (Phi) is 8.20. The van der Waals surface area contributed by atoms with Crippen LogP contribution in [0.5, 0.6) is 0 Å². The van der Waals surface area contributed by atoms with Crippen molar-refractivity contribution in [2.24, 2.45) is 0 Å². The summed E-state index contributed by atoms with van der Waals surface area (Å²) in [5.74, 6) is 0.0203. The molecule has 112 valence electrons. The van der Waals surface area contributed by atoms with Gasteiger partial charge >= 0.3 is 0 Å². The number of ketones is 1. The van der Waals surface area contributed by atoms with Crippen molar-refractivity contribution in [3.8, 4) is 0 Å². The van der Waals surface area contributed by atoms with E-state index in [1.165, 1.54) is 12.5 Å². The van der Waals surface area contributed by atoms with Crippen molar-refractivity contribution in [1.29, 1.82) is 0 Å². The summed E-state index contributed by atoms with van der Waals surface area (Å²) in [6.07, 6.45) is 0.754. The zero-order valence-corrected chi connectivity index (χ0v) is 12.6. The number of hydrogen-bond donors (Lipinski definition) is 0. The van der Waals surface area contributed by atoms with Crippen LogP contribution in [-0.2, 0) is 15.0 Å². The van der Waals surface area contributed by atoms with Crippen LogP contribution in [0.25, 0.3) is 0 Å². The molecule has 1 rings (SSSR count). The SMILES string of the molecule is CC(=O)CCCO[N+](=O)[O-].CC(C)(C)c1ccccc1. The summed E-state index contributed by atoms with van der Waals surface area (Å²) in [5, 5.41) is 8.68. The van der Waals surface area contributed by atoms with Crippen LogP contribution in [-0.4, -0.2) is 17.5 Å². The standard InChI is InChI=1S/C10H14.C5H9NO4/c1-10(2,3)9-7-5-4-6-8-9;1-5(7)3-2-4-10-6(8)9/h4-8H,1-3H3;2-4H2,1H3. The Morgan fingerprint density at radius 1 is 1.25 bits per heavy atom. The second kappa shape index (κ2) is 9.07. The predicted molar refractivity (Wildman–Crippen MR) is 78.0 cm³/mol. The lowest BCUT2D eigenvalue weighted by atomic mass is 9.87. The van der Waals surface area contributed by atoms with Crippen molar-refractivity contribution in [2.45, 2.75) is 46.0 Å². The van der Waals surface area contributed by atoms with Gasteiger partial charge in [0.25, 0.3) is 5.09 Å². The van der Waals surface area contributed by atoms with E-state index in [0.717, 1.165) is 0 Å². The first-order valence-electron chi connectivity index (χ1n) is 6.55. The number of Topliss-reactive ketones (excluding diaryl/α,β-unsaturated/α-hetero) is 1. The Bertz CT molecular complexity index is 394. The number of nitrogens with zero attached hydrogens (tertiary/aromatic N) is 1. The van der Waals surface area contributed by atoms with Gasteiger partial charge in [0.1, 0.15) is 5.78 Å². The van der Waals surface area contributed by atoms with Gasteiger partial charge in [0.2, 0.25) is 0 Å². The lowest BCUT2D eigenvalue weighted by Crippen LogP contribution is -2.10. The number of hydrogen-bond acceptors (Lipinski definition) is 4. The largest absolute Gasteiger partial charge is 0.314 e. The van der Waals surface area contributed by atoms with Crippen LogP contribution in [0.1, 0.15) is 46.1 Å². The Morgan fingerprint density at radius 2 is 1.80 bits per heavy atom. The third kappa shape index (κ3) is 10.1. The summed E-state index contributed by atoms with van der Waals surface area (Å²) in [7, 11) is 0. The Balaban J connectivity index is 0.000000361. The molecule has 0 aromatic heterocycles. The fourth-order valence-electron chi connectivity index (χ4n) is 1.40. The molecule has 0 atom stereocenters. The highest BCUT2D eigenvalue weighted by molar-refractivity contribution is 5.75. The molecule has 1 aromatic rings. The molecule has 0 saturated carbocycles. The third-order valence-corrected chi connectivity index (χ3v) is 2.51. The minimum atomic E-state index is -0.861. The smallest absolute Gasteiger partial charge is 0.294 e. The van der Waals surface area contributed by atoms with E-state index in [9.17, 15) is 14.9 Å². The van der Waals surface area contributed by atoms with Gasteiger partial charge in [-0.15, -0.1) is 10.1 Å². The lowest BCUT2D eigenvalue weighted by molar-refractivity contribution is -0.757. The lowest BCUT2D eigenvalue weighted by Gasteiger charge is -2.18. The summed E-state index contributed by atoms with van der Waals surface area (Å²) < 4.78 is 0. The summed E-state index contributed by atoms with van der Waals surface area (Å²) >= 11 is 0. The zero-order valence-electron chi connectivity index (χ0n) is 12.6. The maximum atomic E-state index is 10.3. The molecule has 5 nitrogen and oxygen atoms in total. The molecule has 0 heterocycles. The summed E-state index contributed by atoms with van der Waals surface area (Å²) in [5.41, 5.74) is 1.69. The molecule has 20 heavy (non-hydrogen) atoms. The van der Waals surface area contributed by atoms with E-state index < -0.39 is 5.09 Å². The van der Waals surface area contributed by atoms with E-state index in [1.807, 2.05) is 0 Å². The summed E-state index contributed by atoms with van der Waals surface area (Å²) in [6.45, 7) is 8.12. The van der Waals surface area contributed by atoms with Gasteiger partial charge in [-0.25, -0.2) is 0 Å². The second-order valence-electron chi connectivity index (χ2n) is 5.48. The molecule has 5 heteroatoms. The van der Waals surface area contributed by atoms with Gasteiger partial charge in [0, 0.05) is 6.42 Å². The topological polar surface area (TPSA) is 69.4 Å². The molecule has 0 bridgehead atoms. The average molecular weight is 281 g/mol. The van der Waals surface area contributed by atoms with Crippen LogP contribution in [0.4, 0.5) is 0 Å². The van der Waals surface area contributed by atoms with Gasteiger partial charge in [-0.05, 0) is 24.3 Å². The highest BCUT2D eigenvalue weighted by atomic mass is 16.9. The molecule has 0 unspecified atom stereocenters. The van der Waals surface area contributed by atoms with Crippen LogP contribution in [0, 0.1) is 10.1 Å². The van der Waals surface area contributed by atoms with Gasteiger partial charge in [-0.2, -0.15) is 0 Å². The summed E-state index contributed by atoms with van der Waals surface area (Å²) in [6, 6.07) is 10.6. The van der Waals surface area contributed by atoms with Gasteiger partial charge in [0.05, 0.1) is 6.61 Å². The van der Waals surface area contributed by atoms with Crippen molar-refractivity contribution in [3.63, 3.8) is 0 Å². The maximum absolute atomic E-state index is 10.3. The molecule has 0 aliphatic carbocycles. The van der Waals surface area contributed by atoms with E-state index in [4.69, 9.17) is 0 Å². The average Bonchev–Trinajstić information content (AvgIpc) is 2.35. The van der Waals surface area contributed by atoms with E-state index in [1.54, 1.807) is 0 Å². The number of benzene rings is 1. The van der Waals surface area contributed by atoms with Crippen LogP contribution in [0.3, 0.4) is 0 Å². The minimum Gasteiger partial charge on any atom is -0.314 e. The summed E-state index contributed by atoms with van der Waals surface area (Å²) in [4.78, 5) is 23.8. The van der Waals surface area contributed by atoms with Gasteiger partial charge < -0.3 is 9.63 Å². The van der Waals surface area contributed by atoms with Crippen molar-refractivity contribution >= 4 is 5.78 Å². The first kappa shape index (κ1) is 18.1. The highest BCUT2D eigenvalue weighted by Crippen LogP contribution is 2.20. The molecule has 1 aromatic carbocycles. The fourth-order valence-corrected chi connectivity index (χ4v) is 1.40. The number of carbonyl (C=O) groups excluding carboxylic acids is 1. The molecule has 0 fully saturated rings. The molecule has 0 spiro atoms. The van der Waals surface area contributed by atoms with Gasteiger partial charge in [-0.1, -0.05) is 51.1 Å². The van der Waals surface area contributed by atoms with Crippen molar-refractivity contribution in [2.75, 3.05) is 6.61 Å². The normalized spacial score (nSPS) is 10.2. The van der Waals surface area contributed by atoms with Crippen molar-refractivity contribution in [3.05, 3.63) is 46.0 Å². The molecule has 0 aliphatic heterocycles. The van der Waals surface area contributed by atoms with E-state index in [0.29, 0.717) is 18.3 Å². The van der Waals surface area contributed by atoms with Crippen molar-refractivity contribution in [1.82, 2.24) is 0 Å². The van der Waals surface area contributed by atoms with Crippen molar-refractivity contribution < 1.29 is 14.7 Å². The first-order chi connectivity index (χ1) is 9.23. The van der Waals surface area contributed by atoms with Gasteiger partial charge in [0.15, 0.2) is 0 Å². The molecule has 0 radical (unpaired) electrons. The second-order valence-corrected chi connectivity index (χ2v) is 5.48. The molecule has 0 amide bonds. The first-order valence-corrected chi connectivity index (χ1v) is 6.55. The van der Waals surface area contributed by atoms with Crippen LogP contribution in [0.15, 0.2) is 30.3 Å². The quantitative estimate of drug-likeness (QED) is 0.470. The highest BCUT2D eigenvalue weighted by Gasteiger charge is 2.11.